The zero-order chi connectivity index (χ0) is 20.1. The maximum Gasteiger partial charge on any atom is 0.282 e. The number of benzene rings is 1. The van der Waals surface area contributed by atoms with Gasteiger partial charge in [-0.15, -0.1) is 0 Å². The Morgan fingerprint density at radius 3 is 2.68 bits per heavy atom. The van der Waals surface area contributed by atoms with E-state index in [1.807, 2.05) is 24.3 Å². The van der Waals surface area contributed by atoms with Crippen molar-refractivity contribution in [1.29, 1.82) is 0 Å². The van der Waals surface area contributed by atoms with Crippen LogP contribution in [0.1, 0.15) is 30.3 Å². The summed E-state index contributed by atoms with van der Waals surface area (Å²) in [6.07, 6.45) is 1.41. The number of nitrogens with one attached hydrogen (secondary N) is 1. The van der Waals surface area contributed by atoms with E-state index in [-0.39, 0.29) is 24.9 Å². The molecule has 2 heterocycles. The number of nitrogens with zero attached hydrogens (tertiary/aromatic N) is 4. The molecule has 0 saturated carbocycles. The molecule has 1 N–H and O–H groups in total. The number of alkyl halides is 2. The Morgan fingerprint density at radius 2 is 2.04 bits per heavy atom. The normalized spacial score (nSPS) is 11.0. The van der Waals surface area contributed by atoms with Crippen molar-refractivity contribution in [3.63, 3.8) is 0 Å². The molecule has 28 heavy (non-hydrogen) atoms. The number of halogens is 2. The number of carbonyl (C=O) groups excluding carboxylic acids is 1. The quantitative estimate of drug-likeness (QED) is 0.639. The molecule has 0 bridgehead atoms. The SMILES string of the molecule is CCc1ccc(OCn2cc(NC(=O)Cn3nc(C(F)F)cc3C)cn2)cc1. The average molecular weight is 389 g/mol. The Bertz CT molecular complexity index is 934. The third-order valence-corrected chi connectivity index (χ3v) is 4.13. The van der Waals surface area contributed by atoms with Crippen LogP contribution in [0.2, 0.25) is 0 Å². The third-order valence-electron chi connectivity index (χ3n) is 4.13. The Labute approximate surface area is 160 Å². The van der Waals surface area contributed by atoms with Gasteiger partial charge >= 0.3 is 0 Å². The number of anilines is 1. The minimum atomic E-state index is -2.67. The van der Waals surface area contributed by atoms with Gasteiger partial charge < -0.3 is 10.1 Å². The summed E-state index contributed by atoms with van der Waals surface area (Å²) in [4.78, 5) is 12.1. The van der Waals surface area contributed by atoms with Gasteiger partial charge in [-0.1, -0.05) is 19.1 Å². The smallest absolute Gasteiger partial charge is 0.282 e. The van der Waals surface area contributed by atoms with Crippen LogP contribution >= 0.6 is 0 Å². The summed E-state index contributed by atoms with van der Waals surface area (Å²) in [7, 11) is 0. The predicted octanol–water partition coefficient (Wildman–Crippen LogP) is 3.56. The molecule has 0 aliphatic heterocycles. The molecule has 1 amide bonds. The van der Waals surface area contributed by atoms with Gasteiger partial charge in [-0.05, 0) is 37.1 Å². The van der Waals surface area contributed by atoms with Crippen LogP contribution in [0.5, 0.6) is 5.75 Å². The number of amides is 1. The van der Waals surface area contributed by atoms with Crippen LogP contribution in [0.3, 0.4) is 0 Å². The molecule has 2 aromatic heterocycles. The predicted molar refractivity (Wildman–Crippen MR) is 99.2 cm³/mol. The van der Waals surface area contributed by atoms with Gasteiger partial charge in [0.1, 0.15) is 18.0 Å². The molecular weight excluding hydrogens is 368 g/mol. The molecule has 148 valence electrons. The van der Waals surface area contributed by atoms with E-state index in [0.29, 0.717) is 11.4 Å². The highest BCUT2D eigenvalue weighted by Crippen LogP contribution is 2.18. The number of hydrogen-bond donors (Lipinski definition) is 1. The van der Waals surface area contributed by atoms with Crippen molar-refractivity contribution >= 4 is 11.6 Å². The number of rotatable bonds is 8. The van der Waals surface area contributed by atoms with Crippen molar-refractivity contribution in [1.82, 2.24) is 19.6 Å². The number of hydrogen-bond acceptors (Lipinski definition) is 4. The van der Waals surface area contributed by atoms with Gasteiger partial charge in [-0.25, -0.2) is 13.5 Å². The van der Waals surface area contributed by atoms with E-state index in [0.717, 1.165) is 12.2 Å². The molecule has 0 unspecified atom stereocenters. The van der Waals surface area contributed by atoms with Crippen molar-refractivity contribution in [3.05, 3.63) is 59.7 Å². The lowest BCUT2D eigenvalue weighted by Crippen LogP contribution is -2.20. The van der Waals surface area contributed by atoms with Crippen molar-refractivity contribution in [2.75, 3.05) is 5.32 Å². The summed E-state index contributed by atoms with van der Waals surface area (Å²) >= 11 is 0. The maximum absolute atomic E-state index is 12.7. The van der Waals surface area contributed by atoms with Crippen LogP contribution in [0.4, 0.5) is 14.5 Å². The molecular formula is C19H21F2N5O2. The second-order valence-electron chi connectivity index (χ2n) is 6.26. The van der Waals surface area contributed by atoms with Crippen molar-refractivity contribution in [2.45, 2.75) is 40.0 Å². The topological polar surface area (TPSA) is 74.0 Å². The highest BCUT2D eigenvalue weighted by atomic mass is 19.3. The molecule has 0 saturated heterocycles. The largest absolute Gasteiger partial charge is 0.471 e. The summed E-state index contributed by atoms with van der Waals surface area (Å²) in [6, 6.07) is 9.05. The van der Waals surface area contributed by atoms with Gasteiger partial charge in [0.15, 0.2) is 6.73 Å². The van der Waals surface area contributed by atoms with Gasteiger partial charge in [0.2, 0.25) is 5.91 Å². The molecule has 1 aromatic carbocycles. The van der Waals surface area contributed by atoms with Crippen LogP contribution in [0.15, 0.2) is 42.7 Å². The summed E-state index contributed by atoms with van der Waals surface area (Å²) in [5, 5.41) is 10.5. The Balaban J connectivity index is 1.52. The monoisotopic (exact) mass is 389 g/mol. The summed E-state index contributed by atoms with van der Waals surface area (Å²) in [5.74, 6) is 0.338. The molecule has 0 spiro atoms. The fraction of sp³-hybridized carbons (Fsp3) is 0.316. The van der Waals surface area contributed by atoms with Crippen LogP contribution in [-0.2, 0) is 24.5 Å². The second-order valence-corrected chi connectivity index (χ2v) is 6.26. The van der Waals surface area contributed by atoms with Crippen LogP contribution in [-0.4, -0.2) is 25.5 Å². The highest BCUT2D eigenvalue weighted by molar-refractivity contribution is 5.90. The fourth-order valence-corrected chi connectivity index (χ4v) is 2.60. The van der Waals surface area contributed by atoms with Crippen LogP contribution < -0.4 is 10.1 Å². The van der Waals surface area contributed by atoms with Crippen molar-refractivity contribution in [3.8, 4) is 5.75 Å². The number of carbonyl (C=O) groups is 1. The molecule has 7 nitrogen and oxygen atoms in total. The number of aromatic nitrogens is 4. The van der Waals surface area contributed by atoms with Gasteiger partial charge in [0.25, 0.3) is 6.43 Å². The molecule has 0 radical (unpaired) electrons. The Kier molecular flexibility index (Phi) is 6.03. The molecule has 0 aliphatic rings. The number of ether oxygens (including phenoxy) is 1. The molecule has 3 aromatic rings. The van der Waals surface area contributed by atoms with E-state index in [9.17, 15) is 13.6 Å². The van der Waals surface area contributed by atoms with Gasteiger partial charge in [0, 0.05) is 5.69 Å². The molecule has 0 aliphatic carbocycles. The number of aryl methyl sites for hydroxylation is 2. The van der Waals surface area contributed by atoms with E-state index in [1.165, 1.54) is 27.2 Å². The van der Waals surface area contributed by atoms with E-state index in [4.69, 9.17) is 4.74 Å². The van der Waals surface area contributed by atoms with E-state index in [2.05, 4.69) is 22.4 Å². The summed E-state index contributed by atoms with van der Waals surface area (Å²) in [6.45, 7) is 3.73. The lowest BCUT2D eigenvalue weighted by Gasteiger charge is -2.07. The van der Waals surface area contributed by atoms with E-state index in [1.54, 1.807) is 13.1 Å². The van der Waals surface area contributed by atoms with Crippen molar-refractivity contribution in [2.24, 2.45) is 0 Å². The molecule has 0 atom stereocenters. The minimum absolute atomic E-state index is 0.163. The van der Waals surface area contributed by atoms with Crippen LogP contribution in [0.25, 0.3) is 0 Å². The zero-order valence-electron chi connectivity index (χ0n) is 15.6. The molecule has 0 fully saturated rings. The third kappa shape index (κ3) is 4.93. The Hall–Kier alpha value is -3.23. The van der Waals surface area contributed by atoms with Crippen LogP contribution in [0, 0.1) is 6.92 Å². The van der Waals surface area contributed by atoms with Crippen molar-refractivity contribution < 1.29 is 18.3 Å². The summed E-state index contributed by atoms with van der Waals surface area (Å²) < 4.78 is 33.8. The summed E-state index contributed by atoms with van der Waals surface area (Å²) in [5.41, 5.74) is 1.85. The first-order valence-corrected chi connectivity index (χ1v) is 8.81. The first-order valence-electron chi connectivity index (χ1n) is 8.81. The lowest BCUT2D eigenvalue weighted by molar-refractivity contribution is -0.117. The second kappa shape index (κ2) is 8.64. The first-order chi connectivity index (χ1) is 13.4. The minimum Gasteiger partial charge on any atom is -0.471 e. The van der Waals surface area contributed by atoms with E-state index >= 15 is 0 Å². The van der Waals surface area contributed by atoms with Gasteiger partial charge in [0.05, 0.1) is 18.1 Å². The highest BCUT2D eigenvalue weighted by Gasteiger charge is 2.15. The average Bonchev–Trinajstić information content (AvgIpc) is 3.27. The van der Waals surface area contributed by atoms with E-state index < -0.39 is 6.43 Å². The lowest BCUT2D eigenvalue weighted by atomic mass is 10.2. The van der Waals surface area contributed by atoms with Gasteiger partial charge in [-0.2, -0.15) is 10.2 Å². The maximum atomic E-state index is 12.7. The molecule has 9 heteroatoms. The fourth-order valence-electron chi connectivity index (χ4n) is 2.60. The first kappa shape index (κ1) is 19.5. The zero-order valence-corrected chi connectivity index (χ0v) is 15.6. The standard InChI is InChI=1S/C19H21F2N5O2/c1-3-14-4-6-16(7-5-14)28-12-25-10-15(9-22-25)23-18(27)11-26-13(2)8-17(24-26)19(20)21/h4-10,19H,3,11-12H2,1-2H3,(H,23,27). The van der Waals surface area contributed by atoms with Gasteiger partial charge in [-0.3, -0.25) is 9.48 Å². The Morgan fingerprint density at radius 1 is 1.29 bits per heavy atom. The molecule has 3 rings (SSSR count).